The van der Waals surface area contributed by atoms with Gasteiger partial charge in [0, 0.05) is 18.6 Å². The number of nitro benzene ring substituents is 1. The average Bonchev–Trinajstić information content (AvgIpc) is 3.16. The molecule has 0 spiro atoms. The first-order chi connectivity index (χ1) is 13.5. The zero-order valence-corrected chi connectivity index (χ0v) is 15.6. The first-order valence-corrected chi connectivity index (χ1v) is 8.72. The minimum absolute atomic E-state index is 0.0497. The Bertz CT molecular complexity index is 955. The van der Waals surface area contributed by atoms with Gasteiger partial charge in [0.25, 0.3) is 5.69 Å². The van der Waals surface area contributed by atoms with Crippen molar-refractivity contribution in [2.75, 3.05) is 13.7 Å². The molecule has 0 aliphatic heterocycles. The number of rotatable bonds is 8. The van der Waals surface area contributed by atoms with E-state index in [1.54, 1.807) is 25.3 Å². The maximum Gasteiger partial charge on any atom is 0.269 e. The van der Waals surface area contributed by atoms with E-state index in [0.717, 1.165) is 11.1 Å². The molecule has 0 saturated carbocycles. The lowest BCUT2D eigenvalue weighted by molar-refractivity contribution is -0.384. The number of ether oxygens (including phenoxy) is 2. The highest BCUT2D eigenvalue weighted by Crippen LogP contribution is 2.31. The number of hydrogen-bond acceptors (Lipinski definition) is 7. The van der Waals surface area contributed by atoms with Crippen molar-refractivity contribution >= 4 is 5.69 Å². The van der Waals surface area contributed by atoms with Gasteiger partial charge in [-0.1, -0.05) is 18.2 Å². The molecule has 0 saturated heterocycles. The fourth-order valence-electron chi connectivity index (χ4n) is 2.76. The average molecular weight is 383 g/mol. The van der Waals surface area contributed by atoms with Gasteiger partial charge in [-0.15, -0.1) is 0 Å². The summed E-state index contributed by atoms with van der Waals surface area (Å²) in [7, 11) is 1.58. The number of H-pyrrole nitrogens is 1. The third-order valence-corrected chi connectivity index (χ3v) is 4.19. The van der Waals surface area contributed by atoms with Crippen LogP contribution in [0.4, 0.5) is 5.69 Å². The van der Waals surface area contributed by atoms with E-state index < -0.39 is 11.0 Å². The second-order valence-corrected chi connectivity index (χ2v) is 6.06. The molecule has 3 N–H and O–H groups in total. The Kier molecular flexibility index (Phi) is 5.85. The largest absolute Gasteiger partial charge is 0.493 e. The maximum absolute atomic E-state index is 10.7. The van der Waals surface area contributed by atoms with Gasteiger partial charge in [0.15, 0.2) is 17.3 Å². The second kappa shape index (κ2) is 8.49. The Labute approximate surface area is 161 Å². The van der Waals surface area contributed by atoms with E-state index in [1.165, 1.54) is 12.1 Å². The first-order valence-electron chi connectivity index (χ1n) is 8.72. The van der Waals surface area contributed by atoms with Crippen molar-refractivity contribution in [3.8, 4) is 11.5 Å². The van der Waals surface area contributed by atoms with Crippen LogP contribution < -0.4 is 15.2 Å². The van der Waals surface area contributed by atoms with Crippen molar-refractivity contribution in [3.63, 3.8) is 0 Å². The normalized spacial score (nSPS) is 11.8. The van der Waals surface area contributed by atoms with Crippen molar-refractivity contribution in [1.82, 2.24) is 15.2 Å². The predicted molar refractivity (Wildman–Crippen MR) is 102 cm³/mol. The highest BCUT2D eigenvalue weighted by atomic mass is 16.6. The number of aromatic nitrogens is 3. The fourth-order valence-corrected chi connectivity index (χ4v) is 2.76. The number of nitrogens with two attached hydrogens (primary N) is 1. The highest BCUT2D eigenvalue weighted by molar-refractivity contribution is 5.44. The predicted octanol–water partition coefficient (Wildman–Crippen LogP) is 2.76. The summed E-state index contributed by atoms with van der Waals surface area (Å²) >= 11 is 0. The number of hydrogen-bond donors (Lipinski definition) is 2. The standard InChI is InChI=1S/C19H21N5O4/c1-3-28-16-11-13(6-9-15(16)27-2)18(20)19-21-17(22-23-19)10-12-4-7-14(8-5-12)24(25)26/h4-9,11,18H,3,10,20H2,1-2H3,(H,21,22,23)/t18-/m1/s1. The molecule has 0 radical (unpaired) electrons. The molecule has 0 bridgehead atoms. The molecule has 1 heterocycles. The van der Waals surface area contributed by atoms with E-state index in [9.17, 15) is 10.1 Å². The molecule has 0 fully saturated rings. The van der Waals surface area contributed by atoms with Crippen LogP contribution in [-0.2, 0) is 6.42 Å². The summed E-state index contributed by atoms with van der Waals surface area (Å²) < 4.78 is 10.9. The number of methoxy groups -OCH3 is 1. The van der Waals surface area contributed by atoms with E-state index in [0.29, 0.717) is 36.2 Å². The van der Waals surface area contributed by atoms with Crippen molar-refractivity contribution in [1.29, 1.82) is 0 Å². The molecule has 146 valence electrons. The van der Waals surface area contributed by atoms with Crippen LogP contribution >= 0.6 is 0 Å². The van der Waals surface area contributed by atoms with Crippen LogP contribution in [0, 0.1) is 10.1 Å². The van der Waals surface area contributed by atoms with Gasteiger partial charge in [-0.05, 0) is 30.2 Å². The number of aromatic amines is 1. The summed E-state index contributed by atoms with van der Waals surface area (Å²) in [5.74, 6) is 2.31. The zero-order chi connectivity index (χ0) is 20.1. The Morgan fingerprint density at radius 2 is 1.96 bits per heavy atom. The van der Waals surface area contributed by atoms with Gasteiger partial charge in [-0.25, -0.2) is 4.98 Å². The Morgan fingerprint density at radius 1 is 1.21 bits per heavy atom. The molecule has 0 aliphatic rings. The lowest BCUT2D eigenvalue weighted by atomic mass is 10.1. The van der Waals surface area contributed by atoms with Gasteiger partial charge in [-0.3, -0.25) is 15.2 Å². The lowest BCUT2D eigenvalue weighted by Crippen LogP contribution is -2.14. The minimum Gasteiger partial charge on any atom is -0.493 e. The quantitative estimate of drug-likeness (QED) is 0.452. The van der Waals surface area contributed by atoms with Crippen LogP contribution in [-0.4, -0.2) is 33.8 Å². The lowest BCUT2D eigenvalue weighted by Gasteiger charge is -2.13. The van der Waals surface area contributed by atoms with Gasteiger partial charge >= 0.3 is 0 Å². The molecule has 9 nitrogen and oxygen atoms in total. The summed E-state index contributed by atoms with van der Waals surface area (Å²) in [5, 5.41) is 17.8. The summed E-state index contributed by atoms with van der Waals surface area (Å²) in [5.41, 5.74) is 8.04. The molecule has 0 aliphatic carbocycles. The molecule has 1 atom stereocenters. The number of non-ortho nitro benzene ring substituents is 1. The van der Waals surface area contributed by atoms with Gasteiger partial charge in [0.2, 0.25) is 0 Å². The summed E-state index contributed by atoms with van der Waals surface area (Å²) in [6.45, 7) is 2.40. The smallest absolute Gasteiger partial charge is 0.269 e. The van der Waals surface area contributed by atoms with Crippen LogP contribution in [0.3, 0.4) is 0 Å². The monoisotopic (exact) mass is 383 g/mol. The van der Waals surface area contributed by atoms with Gasteiger partial charge in [0.05, 0.1) is 24.7 Å². The fraction of sp³-hybridized carbons (Fsp3) is 0.263. The Morgan fingerprint density at radius 3 is 2.61 bits per heavy atom. The van der Waals surface area contributed by atoms with Crippen LogP contribution in [0.15, 0.2) is 42.5 Å². The molecule has 3 rings (SSSR count). The van der Waals surface area contributed by atoms with Crippen LogP contribution in [0.25, 0.3) is 0 Å². The Balaban J connectivity index is 1.75. The number of nitrogens with one attached hydrogen (secondary N) is 1. The van der Waals surface area contributed by atoms with Gasteiger partial charge in [-0.2, -0.15) is 5.10 Å². The van der Waals surface area contributed by atoms with Crippen LogP contribution in [0.5, 0.6) is 11.5 Å². The molecule has 28 heavy (non-hydrogen) atoms. The van der Waals surface area contributed by atoms with E-state index in [2.05, 4.69) is 15.2 Å². The second-order valence-electron chi connectivity index (χ2n) is 6.06. The minimum atomic E-state index is -0.535. The molecule has 0 amide bonds. The molecule has 1 aromatic heterocycles. The number of benzene rings is 2. The van der Waals surface area contributed by atoms with Crippen molar-refractivity contribution < 1.29 is 14.4 Å². The molecule has 2 aromatic carbocycles. The summed E-state index contributed by atoms with van der Waals surface area (Å²) in [6.07, 6.45) is 0.463. The summed E-state index contributed by atoms with van der Waals surface area (Å²) in [6, 6.07) is 11.2. The van der Waals surface area contributed by atoms with Crippen molar-refractivity contribution in [3.05, 3.63) is 75.4 Å². The first kappa shape index (κ1) is 19.3. The third-order valence-electron chi connectivity index (χ3n) is 4.19. The molecule has 3 aromatic rings. The van der Waals surface area contributed by atoms with E-state index >= 15 is 0 Å². The maximum atomic E-state index is 10.7. The number of nitrogens with zero attached hydrogens (tertiary/aromatic N) is 3. The molecule has 9 heteroatoms. The zero-order valence-electron chi connectivity index (χ0n) is 15.6. The van der Waals surface area contributed by atoms with Crippen molar-refractivity contribution in [2.24, 2.45) is 5.73 Å². The van der Waals surface area contributed by atoms with E-state index in [4.69, 9.17) is 15.2 Å². The van der Waals surface area contributed by atoms with Gasteiger partial charge in [0.1, 0.15) is 5.82 Å². The number of nitro groups is 1. The molecular weight excluding hydrogens is 362 g/mol. The molecular formula is C19H21N5O4. The SMILES string of the molecule is CCOc1cc([C@@H](N)c2n[nH]c(Cc3ccc([N+](=O)[O-])cc3)n2)ccc1OC. The third kappa shape index (κ3) is 4.26. The Hall–Kier alpha value is -3.46. The highest BCUT2D eigenvalue weighted by Gasteiger charge is 2.17. The van der Waals surface area contributed by atoms with Crippen LogP contribution in [0.2, 0.25) is 0 Å². The summed E-state index contributed by atoms with van der Waals surface area (Å²) in [4.78, 5) is 14.8. The van der Waals surface area contributed by atoms with E-state index in [1.807, 2.05) is 19.1 Å². The van der Waals surface area contributed by atoms with Gasteiger partial charge < -0.3 is 15.2 Å². The molecule has 0 unspecified atom stereocenters. The topological polar surface area (TPSA) is 129 Å². The van der Waals surface area contributed by atoms with Crippen LogP contribution in [0.1, 0.15) is 35.7 Å². The van der Waals surface area contributed by atoms with E-state index in [-0.39, 0.29) is 5.69 Å². The van der Waals surface area contributed by atoms with Crippen molar-refractivity contribution in [2.45, 2.75) is 19.4 Å².